The van der Waals surface area contributed by atoms with Gasteiger partial charge in [-0.05, 0) is 12.1 Å². The van der Waals surface area contributed by atoms with Crippen LogP contribution in [0.1, 0.15) is 11.7 Å². The molecule has 2 aromatic rings. The molecule has 5 nitrogen and oxygen atoms in total. The lowest BCUT2D eigenvalue weighted by atomic mass is 10.1. The molecule has 1 unspecified atom stereocenters. The quantitative estimate of drug-likeness (QED) is 0.654. The number of nitrogens with zero attached hydrogens (tertiary/aromatic N) is 1. The summed E-state index contributed by atoms with van der Waals surface area (Å²) in [4.78, 5) is 13.8. The van der Waals surface area contributed by atoms with Gasteiger partial charge >= 0.3 is 0 Å². The van der Waals surface area contributed by atoms with Gasteiger partial charge in [-0.1, -0.05) is 36.4 Å². The van der Waals surface area contributed by atoms with Crippen molar-refractivity contribution < 1.29 is 14.7 Å². The van der Waals surface area contributed by atoms with Gasteiger partial charge in [-0.15, -0.1) is 0 Å². The number of hydroxylamine groups is 1. The van der Waals surface area contributed by atoms with E-state index in [1.165, 1.54) is 0 Å². The Hall–Kier alpha value is -2.53. The maximum atomic E-state index is 11.8. The number of anilines is 1. The van der Waals surface area contributed by atoms with E-state index in [4.69, 9.17) is 9.94 Å². The number of benzene rings is 2. The molecule has 0 saturated carbocycles. The summed E-state index contributed by atoms with van der Waals surface area (Å²) in [7, 11) is 3.85. The Bertz CT molecular complexity index is 599. The number of hydrogen-bond donors (Lipinski definition) is 2. The van der Waals surface area contributed by atoms with Crippen molar-refractivity contribution >= 4 is 11.6 Å². The highest BCUT2D eigenvalue weighted by atomic mass is 16.5. The summed E-state index contributed by atoms with van der Waals surface area (Å²) in [6, 6.07) is 16.4. The van der Waals surface area contributed by atoms with E-state index in [0.717, 1.165) is 5.69 Å². The minimum absolute atomic E-state index is 0.554. The molecule has 2 N–H and O–H groups in total. The van der Waals surface area contributed by atoms with E-state index < -0.39 is 12.0 Å². The number of nitrogens with one attached hydrogen (secondary N) is 1. The van der Waals surface area contributed by atoms with Crippen molar-refractivity contribution in [1.29, 1.82) is 0 Å². The zero-order chi connectivity index (χ0) is 15.2. The number of amides is 1. The van der Waals surface area contributed by atoms with Gasteiger partial charge in [-0.25, -0.2) is 5.48 Å². The fourth-order valence-electron chi connectivity index (χ4n) is 1.93. The van der Waals surface area contributed by atoms with Crippen LogP contribution >= 0.6 is 0 Å². The average Bonchev–Trinajstić information content (AvgIpc) is 2.53. The van der Waals surface area contributed by atoms with Crippen LogP contribution < -0.4 is 15.1 Å². The molecule has 2 rings (SSSR count). The number of carbonyl (C=O) groups excluding carboxylic acids is 1. The molecule has 0 aliphatic carbocycles. The topological polar surface area (TPSA) is 61.8 Å². The lowest BCUT2D eigenvalue weighted by Gasteiger charge is -2.19. The SMILES string of the molecule is CN(C)c1cccc(OC(C(=O)NO)c2ccccc2)c1. The van der Waals surface area contributed by atoms with Gasteiger partial charge < -0.3 is 9.64 Å². The summed E-state index contributed by atoms with van der Waals surface area (Å²) in [5.74, 6) is -0.0601. The molecule has 0 fully saturated rings. The van der Waals surface area contributed by atoms with Crippen LogP contribution in [0.2, 0.25) is 0 Å². The van der Waals surface area contributed by atoms with E-state index >= 15 is 0 Å². The van der Waals surface area contributed by atoms with Gasteiger partial charge in [0.05, 0.1) is 0 Å². The largest absolute Gasteiger partial charge is 0.476 e. The molecule has 5 heteroatoms. The van der Waals surface area contributed by atoms with Gasteiger partial charge in [-0.2, -0.15) is 0 Å². The highest BCUT2D eigenvalue weighted by Crippen LogP contribution is 2.25. The standard InChI is InChI=1S/C16H18N2O3/c1-18(2)13-9-6-10-14(11-13)21-15(16(19)17-20)12-7-4-3-5-8-12/h3-11,15,20H,1-2H3,(H,17,19). The number of carbonyl (C=O) groups is 1. The molecule has 0 spiro atoms. The van der Waals surface area contributed by atoms with Crippen molar-refractivity contribution in [2.24, 2.45) is 0 Å². The number of ether oxygens (including phenoxy) is 1. The zero-order valence-corrected chi connectivity index (χ0v) is 12.0. The predicted octanol–water partition coefficient (Wildman–Crippen LogP) is 2.38. The van der Waals surface area contributed by atoms with Crippen LogP contribution in [0.15, 0.2) is 54.6 Å². The van der Waals surface area contributed by atoms with Gasteiger partial charge in [0.25, 0.3) is 5.91 Å². The summed E-state index contributed by atoms with van der Waals surface area (Å²) in [5, 5.41) is 8.90. The van der Waals surface area contributed by atoms with Gasteiger partial charge in [0.1, 0.15) is 5.75 Å². The Morgan fingerprint density at radius 2 is 1.86 bits per heavy atom. The third kappa shape index (κ3) is 3.73. The normalized spacial score (nSPS) is 11.6. The molecular weight excluding hydrogens is 268 g/mol. The van der Waals surface area contributed by atoms with Crippen LogP contribution in [0.25, 0.3) is 0 Å². The predicted molar refractivity (Wildman–Crippen MR) is 80.5 cm³/mol. The second-order valence-corrected chi connectivity index (χ2v) is 4.78. The summed E-state index contributed by atoms with van der Waals surface area (Å²) >= 11 is 0. The first-order valence-corrected chi connectivity index (χ1v) is 6.54. The lowest BCUT2D eigenvalue weighted by Crippen LogP contribution is -2.30. The van der Waals surface area contributed by atoms with Crippen molar-refractivity contribution in [3.05, 3.63) is 60.2 Å². The van der Waals surface area contributed by atoms with Gasteiger partial charge in [0.15, 0.2) is 0 Å². The summed E-state index contributed by atoms with van der Waals surface area (Å²) in [6.07, 6.45) is -0.909. The molecule has 21 heavy (non-hydrogen) atoms. The van der Waals surface area contributed by atoms with Crippen LogP contribution in [0.4, 0.5) is 5.69 Å². The minimum atomic E-state index is -0.909. The molecule has 0 bridgehead atoms. The van der Waals surface area contributed by atoms with Crippen LogP contribution in [-0.4, -0.2) is 25.2 Å². The summed E-state index contributed by atoms with van der Waals surface area (Å²) in [5.41, 5.74) is 3.27. The highest BCUT2D eigenvalue weighted by Gasteiger charge is 2.22. The number of hydrogen-bond acceptors (Lipinski definition) is 4. The highest BCUT2D eigenvalue weighted by molar-refractivity contribution is 5.81. The first kappa shape index (κ1) is 14.9. The maximum absolute atomic E-state index is 11.8. The van der Waals surface area contributed by atoms with Crippen LogP contribution in [0, 0.1) is 0 Å². The first-order chi connectivity index (χ1) is 10.1. The summed E-state index contributed by atoms with van der Waals surface area (Å²) in [6.45, 7) is 0. The fourth-order valence-corrected chi connectivity index (χ4v) is 1.93. The molecule has 0 saturated heterocycles. The summed E-state index contributed by atoms with van der Waals surface area (Å²) < 4.78 is 5.75. The van der Waals surface area contributed by atoms with Crippen molar-refractivity contribution in [2.75, 3.05) is 19.0 Å². The molecule has 2 aromatic carbocycles. The third-order valence-corrected chi connectivity index (χ3v) is 3.04. The van der Waals surface area contributed by atoms with Crippen molar-refractivity contribution in [3.8, 4) is 5.75 Å². The second-order valence-electron chi connectivity index (χ2n) is 4.78. The Kier molecular flexibility index (Phi) is 4.79. The molecule has 110 valence electrons. The lowest BCUT2D eigenvalue weighted by molar-refractivity contribution is -0.136. The van der Waals surface area contributed by atoms with E-state index in [1.807, 2.05) is 55.4 Å². The Balaban J connectivity index is 2.27. The molecule has 0 radical (unpaired) electrons. The van der Waals surface area contributed by atoms with E-state index in [2.05, 4.69) is 0 Å². The van der Waals surface area contributed by atoms with Crippen LogP contribution in [0.3, 0.4) is 0 Å². The van der Waals surface area contributed by atoms with E-state index in [0.29, 0.717) is 11.3 Å². The Morgan fingerprint density at radius 3 is 2.48 bits per heavy atom. The molecule has 0 heterocycles. The van der Waals surface area contributed by atoms with Gasteiger partial charge in [-0.3, -0.25) is 10.0 Å². The van der Waals surface area contributed by atoms with Crippen LogP contribution in [-0.2, 0) is 4.79 Å². The molecule has 1 amide bonds. The van der Waals surface area contributed by atoms with Crippen molar-refractivity contribution in [3.63, 3.8) is 0 Å². The fraction of sp³-hybridized carbons (Fsp3) is 0.188. The zero-order valence-electron chi connectivity index (χ0n) is 12.0. The molecule has 1 atom stereocenters. The van der Waals surface area contributed by atoms with Gasteiger partial charge in [0.2, 0.25) is 6.10 Å². The van der Waals surface area contributed by atoms with E-state index in [-0.39, 0.29) is 0 Å². The van der Waals surface area contributed by atoms with Gasteiger partial charge in [0, 0.05) is 31.4 Å². The van der Waals surface area contributed by atoms with E-state index in [9.17, 15) is 4.79 Å². The third-order valence-electron chi connectivity index (χ3n) is 3.04. The second kappa shape index (κ2) is 6.76. The smallest absolute Gasteiger partial charge is 0.289 e. The first-order valence-electron chi connectivity index (χ1n) is 6.54. The van der Waals surface area contributed by atoms with Crippen LogP contribution in [0.5, 0.6) is 5.75 Å². The molecule has 0 aromatic heterocycles. The maximum Gasteiger partial charge on any atom is 0.289 e. The van der Waals surface area contributed by atoms with Crippen molar-refractivity contribution in [2.45, 2.75) is 6.10 Å². The monoisotopic (exact) mass is 286 g/mol. The average molecular weight is 286 g/mol. The molecular formula is C16H18N2O3. The molecule has 0 aliphatic heterocycles. The Labute approximate surface area is 123 Å². The van der Waals surface area contributed by atoms with E-state index in [1.54, 1.807) is 23.7 Å². The Morgan fingerprint density at radius 1 is 1.14 bits per heavy atom. The minimum Gasteiger partial charge on any atom is -0.476 e. The van der Waals surface area contributed by atoms with Crippen molar-refractivity contribution in [1.82, 2.24) is 5.48 Å². The number of rotatable bonds is 5. The molecule has 0 aliphatic rings.